The van der Waals surface area contributed by atoms with Crippen LogP contribution < -0.4 is 9.62 Å². The van der Waals surface area contributed by atoms with Crippen molar-refractivity contribution in [2.45, 2.75) is 37.2 Å². The van der Waals surface area contributed by atoms with Gasteiger partial charge in [0, 0.05) is 31.6 Å². The summed E-state index contributed by atoms with van der Waals surface area (Å²) in [5.41, 5.74) is 0.813. The maximum Gasteiger partial charge on any atom is 0.271 e. The highest BCUT2D eigenvalue weighted by molar-refractivity contribution is 7.92. The highest BCUT2D eigenvalue weighted by Crippen LogP contribution is 2.28. The number of carbonyl (C=O) groups is 2. The van der Waals surface area contributed by atoms with Crippen LogP contribution in [0.25, 0.3) is 0 Å². The zero-order valence-corrected chi connectivity index (χ0v) is 25.4. The first-order valence-corrected chi connectivity index (χ1v) is 15.7. The first kappa shape index (κ1) is 32.8. The minimum Gasteiger partial charge on any atom is -0.354 e. The summed E-state index contributed by atoms with van der Waals surface area (Å²) in [4.78, 5) is 40.0. The largest absolute Gasteiger partial charge is 0.354 e. The first-order chi connectivity index (χ1) is 21.6. The third-order valence-corrected chi connectivity index (χ3v) is 8.81. The van der Waals surface area contributed by atoms with E-state index in [9.17, 15) is 32.5 Å². The molecular weight excluding hydrogens is 599 g/mol. The van der Waals surface area contributed by atoms with E-state index in [-0.39, 0.29) is 29.2 Å². The van der Waals surface area contributed by atoms with Crippen LogP contribution in [-0.2, 0) is 32.6 Å². The summed E-state index contributed by atoms with van der Waals surface area (Å²) >= 11 is 0. The maximum atomic E-state index is 14.3. The number of nitrogens with one attached hydrogen (secondary N) is 1. The highest BCUT2D eigenvalue weighted by atomic mass is 32.2. The molecular formula is C33H33FN4O6S. The number of hydrogen-bond acceptors (Lipinski definition) is 6. The van der Waals surface area contributed by atoms with E-state index in [1.54, 1.807) is 18.2 Å². The topological polar surface area (TPSA) is 130 Å². The Bertz CT molecular complexity index is 1720. The van der Waals surface area contributed by atoms with Crippen LogP contribution >= 0.6 is 0 Å². The van der Waals surface area contributed by atoms with Crippen molar-refractivity contribution >= 4 is 33.2 Å². The second-order valence-electron chi connectivity index (χ2n) is 10.2. The van der Waals surface area contributed by atoms with Crippen LogP contribution in [0.1, 0.15) is 24.5 Å². The van der Waals surface area contributed by atoms with Crippen molar-refractivity contribution in [3.63, 3.8) is 0 Å². The summed E-state index contributed by atoms with van der Waals surface area (Å²) in [6, 6.07) is 25.8. The molecule has 0 saturated heterocycles. The summed E-state index contributed by atoms with van der Waals surface area (Å²) in [6.45, 7) is 1.33. The van der Waals surface area contributed by atoms with E-state index < -0.39 is 45.2 Å². The van der Waals surface area contributed by atoms with Gasteiger partial charge < -0.3 is 10.2 Å². The van der Waals surface area contributed by atoms with Crippen molar-refractivity contribution in [3.05, 3.63) is 136 Å². The number of amides is 2. The Morgan fingerprint density at radius 3 is 2.16 bits per heavy atom. The Labute approximate surface area is 261 Å². The molecule has 0 aliphatic rings. The summed E-state index contributed by atoms with van der Waals surface area (Å²) in [7, 11) is -4.41. The number of hydrogen-bond donors (Lipinski definition) is 1. The number of sulfonamides is 1. The Kier molecular flexibility index (Phi) is 11.0. The fourth-order valence-corrected chi connectivity index (χ4v) is 6.14. The van der Waals surface area contributed by atoms with Gasteiger partial charge >= 0.3 is 0 Å². The van der Waals surface area contributed by atoms with Crippen LogP contribution in [0.4, 0.5) is 15.8 Å². The predicted octanol–water partition coefficient (Wildman–Crippen LogP) is 5.10. The van der Waals surface area contributed by atoms with Crippen molar-refractivity contribution in [2.24, 2.45) is 0 Å². The van der Waals surface area contributed by atoms with Gasteiger partial charge in [-0.15, -0.1) is 0 Å². The van der Waals surface area contributed by atoms with Crippen molar-refractivity contribution in [1.82, 2.24) is 10.2 Å². The Hall–Kier alpha value is -5.10. The number of carbonyl (C=O) groups excluding carboxylic acids is 2. The molecule has 0 saturated carbocycles. The Balaban J connectivity index is 1.81. The predicted molar refractivity (Wildman–Crippen MR) is 168 cm³/mol. The van der Waals surface area contributed by atoms with Crippen molar-refractivity contribution in [3.8, 4) is 0 Å². The lowest BCUT2D eigenvalue weighted by Gasteiger charge is -2.33. The number of rotatable bonds is 14. The Morgan fingerprint density at radius 2 is 1.53 bits per heavy atom. The van der Waals surface area contributed by atoms with Gasteiger partial charge in [0.05, 0.1) is 15.5 Å². The molecule has 1 atom stereocenters. The minimum atomic E-state index is -4.41. The minimum absolute atomic E-state index is 0.0989. The average molecular weight is 633 g/mol. The van der Waals surface area contributed by atoms with E-state index in [1.165, 1.54) is 71.6 Å². The molecule has 2 amide bonds. The fourth-order valence-electron chi connectivity index (χ4n) is 4.72. The van der Waals surface area contributed by atoms with E-state index in [4.69, 9.17) is 0 Å². The lowest BCUT2D eigenvalue weighted by Crippen LogP contribution is -2.53. The van der Waals surface area contributed by atoms with Crippen molar-refractivity contribution < 1.29 is 27.3 Å². The number of anilines is 1. The molecule has 0 aliphatic carbocycles. The molecule has 0 fully saturated rings. The second kappa shape index (κ2) is 15.1. The van der Waals surface area contributed by atoms with Gasteiger partial charge in [-0.1, -0.05) is 73.7 Å². The van der Waals surface area contributed by atoms with Gasteiger partial charge in [0.1, 0.15) is 18.4 Å². The van der Waals surface area contributed by atoms with Crippen LogP contribution in [0.3, 0.4) is 0 Å². The van der Waals surface area contributed by atoms with Crippen LogP contribution in [0.2, 0.25) is 0 Å². The van der Waals surface area contributed by atoms with Crippen molar-refractivity contribution in [1.29, 1.82) is 0 Å². The molecule has 0 unspecified atom stereocenters. The molecule has 4 rings (SSSR count). The number of nitrogens with zero attached hydrogens (tertiary/aromatic N) is 3. The average Bonchev–Trinajstić information content (AvgIpc) is 3.05. The molecule has 12 heteroatoms. The zero-order valence-electron chi connectivity index (χ0n) is 24.6. The van der Waals surface area contributed by atoms with E-state index in [1.807, 2.05) is 25.1 Å². The molecule has 45 heavy (non-hydrogen) atoms. The molecule has 0 spiro atoms. The smallest absolute Gasteiger partial charge is 0.271 e. The van der Waals surface area contributed by atoms with E-state index in [0.29, 0.717) is 18.5 Å². The van der Waals surface area contributed by atoms with Gasteiger partial charge in [-0.2, -0.15) is 0 Å². The summed E-state index contributed by atoms with van der Waals surface area (Å²) in [5.74, 6) is -1.66. The van der Waals surface area contributed by atoms with E-state index in [2.05, 4.69) is 5.32 Å². The molecule has 0 aromatic heterocycles. The van der Waals surface area contributed by atoms with Crippen molar-refractivity contribution in [2.75, 3.05) is 17.4 Å². The van der Waals surface area contributed by atoms with Gasteiger partial charge in [0.25, 0.3) is 15.7 Å². The number of nitro groups is 1. The van der Waals surface area contributed by atoms with Crippen LogP contribution in [0.15, 0.2) is 114 Å². The molecule has 234 valence electrons. The molecule has 10 nitrogen and oxygen atoms in total. The zero-order chi connectivity index (χ0) is 32.4. The van der Waals surface area contributed by atoms with Crippen LogP contribution in [0, 0.1) is 15.9 Å². The van der Waals surface area contributed by atoms with Gasteiger partial charge in [-0.05, 0) is 47.9 Å². The molecule has 4 aromatic carbocycles. The third-order valence-electron chi connectivity index (χ3n) is 7.03. The molecule has 4 aromatic rings. The quantitative estimate of drug-likeness (QED) is 0.152. The molecule has 1 N–H and O–H groups in total. The van der Waals surface area contributed by atoms with Gasteiger partial charge in [-0.25, -0.2) is 12.8 Å². The Morgan fingerprint density at radius 1 is 0.889 bits per heavy atom. The fraction of sp³-hybridized carbons (Fsp3) is 0.212. The lowest BCUT2D eigenvalue weighted by molar-refractivity contribution is -0.384. The lowest BCUT2D eigenvalue weighted by atomic mass is 10.0. The molecule has 0 aliphatic heterocycles. The third kappa shape index (κ3) is 8.51. The summed E-state index contributed by atoms with van der Waals surface area (Å²) < 4.78 is 42.5. The molecule has 0 radical (unpaired) electrons. The van der Waals surface area contributed by atoms with Crippen LogP contribution in [-0.4, -0.2) is 49.2 Å². The van der Waals surface area contributed by atoms with Gasteiger partial charge in [0.15, 0.2) is 0 Å². The number of nitro benzene ring substituents is 1. The van der Waals surface area contributed by atoms with Crippen LogP contribution in [0.5, 0.6) is 0 Å². The van der Waals surface area contributed by atoms with Gasteiger partial charge in [-0.3, -0.25) is 24.0 Å². The number of non-ortho nitro benzene ring substituents is 1. The summed E-state index contributed by atoms with van der Waals surface area (Å²) in [6.07, 6.45) is 0.761. The van der Waals surface area contributed by atoms with Gasteiger partial charge in [0.2, 0.25) is 11.8 Å². The monoisotopic (exact) mass is 632 g/mol. The SMILES string of the molecule is CCCNC(=O)[C@@H](Cc1ccccc1)N(Cc1ccc(F)cc1)C(=O)CN(c1cccc([N+](=O)[O-])c1)S(=O)(=O)c1ccccc1. The van der Waals surface area contributed by atoms with E-state index in [0.717, 1.165) is 15.9 Å². The molecule has 0 bridgehead atoms. The van der Waals surface area contributed by atoms with E-state index >= 15 is 0 Å². The molecule has 0 heterocycles. The normalized spacial score (nSPS) is 11.8. The number of halogens is 1. The maximum absolute atomic E-state index is 14.3. The second-order valence-corrected chi connectivity index (χ2v) is 12.1. The summed E-state index contributed by atoms with van der Waals surface area (Å²) in [5, 5.41) is 14.4. The highest BCUT2D eigenvalue weighted by Gasteiger charge is 2.35. The first-order valence-electron chi connectivity index (χ1n) is 14.3. The number of benzene rings is 4. The standard InChI is InChI=1S/C33H33FN4O6S/c1-2-20-35-33(40)31(21-25-10-5-3-6-11-25)36(23-26-16-18-27(34)19-17-26)32(39)24-37(28-12-9-13-29(22-28)38(41)42)45(43,44)30-14-7-4-8-15-30/h3-19,22,31H,2,20-21,23-24H2,1H3,(H,35,40)/t31-/m1/s1.